The molecule has 0 saturated heterocycles. The lowest BCUT2D eigenvalue weighted by Gasteiger charge is -2.08. The first kappa shape index (κ1) is 11.7. The summed E-state index contributed by atoms with van der Waals surface area (Å²) in [7, 11) is 0. The fraction of sp³-hybridized carbons (Fsp3) is 0. The average molecular weight is 264 g/mol. The van der Waals surface area contributed by atoms with Crippen molar-refractivity contribution >= 4 is 28.9 Å². The third-order valence-corrected chi connectivity index (χ3v) is 3.07. The van der Waals surface area contributed by atoms with E-state index in [-0.39, 0.29) is 5.69 Å². The highest BCUT2D eigenvalue weighted by atomic mass is 35.5. The van der Waals surface area contributed by atoms with Crippen LogP contribution in [-0.2, 0) is 0 Å². The van der Waals surface area contributed by atoms with Crippen molar-refractivity contribution in [1.82, 2.24) is 4.98 Å². The normalized spacial score (nSPS) is 9.94. The number of nitrogens with zero attached hydrogens (tertiary/aromatic N) is 2. The first-order valence-electron chi connectivity index (χ1n) is 4.74. The van der Waals surface area contributed by atoms with Crippen molar-refractivity contribution in [1.29, 1.82) is 5.26 Å². The highest BCUT2D eigenvalue weighted by Gasteiger charge is 2.11. The van der Waals surface area contributed by atoms with Crippen LogP contribution in [0.5, 0.6) is 0 Å². The van der Waals surface area contributed by atoms with E-state index in [4.69, 9.17) is 34.2 Å². The largest absolute Gasteiger partial charge is 0.397 e. The molecular weight excluding hydrogens is 257 g/mol. The minimum atomic E-state index is 0.283. The molecule has 2 N–H and O–H groups in total. The van der Waals surface area contributed by atoms with Gasteiger partial charge in [-0.25, -0.2) is 4.98 Å². The van der Waals surface area contributed by atoms with Crippen LogP contribution in [0.2, 0.25) is 10.0 Å². The molecule has 3 nitrogen and oxygen atoms in total. The molecule has 1 aromatic heterocycles. The minimum absolute atomic E-state index is 0.283. The Kier molecular flexibility index (Phi) is 3.19. The number of hydrogen-bond donors (Lipinski definition) is 1. The molecule has 0 bridgehead atoms. The van der Waals surface area contributed by atoms with Crippen LogP contribution < -0.4 is 5.73 Å². The van der Waals surface area contributed by atoms with E-state index in [1.807, 2.05) is 6.07 Å². The van der Waals surface area contributed by atoms with Crippen molar-refractivity contribution in [2.75, 3.05) is 5.73 Å². The van der Waals surface area contributed by atoms with Crippen LogP contribution in [0.4, 0.5) is 5.69 Å². The summed E-state index contributed by atoms with van der Waals surface area (Å²) in [4.78, 5) is 4.13. The van der Waals surface area contributed by atoms with E-state index in [1.165, 1.54) is 0 Å². The van der Waals surface area contributed by atoms with Gasteiger partial charge in [-0.3, -0.25) is 0 Å². The molecule has 0 radical (unpaired) electrons. The van der Waals surface area contributed by atoms with Gasteiger partial charge >= 0.3 is 0 Å². The van der Waals surface area contributed by atoms with Crippen molar-refractivity contribution in [3.05, 3.63) is 46.1 Å². The van der Waals surface area contributed by atoms with Gasteiger partial charge in [0.25, 0.3) is 0 Å². The van der Waals surface area contributed by atoms with Crippen molar-refractivity contribution in [2.24, 2.45) is 0 Å². The maximum absolute atomic E-state index is 8.81. The maximum atomic E-state index is 8.81. The van der Waals surface area contributed by atoms with Gasteiger partial charge in [0, 0.05) is 5.56 Å². The van der Waals surface area contributed by atoms with Crippen LogP contribution in [0.15, 0.2) is 30.3 Å². The molecule has 0 aliphatic carbocycles. The van der Waals surface area contributed by atoms with E-state index >= 15 is 0 Å². The zero-order valence-electron chi connectivity index (χ0n) is 8.61. The van der Waals surface area contributed by atoms with Crippen LogP contribution in [-0.4, -0.2) is 4.98 Å². The quantitative estimate of drug-likeness (QED) is 0.857. The topological polar surface area (TPSA) is 62.7 Å². The van der Waals surface area contributed by atoms with Crippen molar-refractivity contribution in [3.8, 4) is 17.3 Å². The third-order valence-electron chi connectivity index (χ3n) is 2.25. The number of nitriles is 1. The van der Waals surface area contributed by atoms with Gasteiger partial charge < -0.3 is 5.73 Å². The number of hydrogen-bond acceptors (Lipinski definition) is 3. The summed E-state index contributed by atoms with van der Waals surface area (Å²) in [6.45, 7) is 0. The number of anilines is 1. The molecule has 84 valence electrons. The Morgan fingerprint density at radius 1 is 1.18 bits per heavy atom. The van der Waals surface area contributed by atoms with Gasteiger partial charge in [0.15, 0.2) is 0 Å². The summed E-state index contributed by atoms with van der Waals surface area (Å²) in [6.07, 6.45) is 0. The lowest BCUT2D eigenvalue weighted by Crippen LogP contribution is -1.96. The Hall–Kier alpha value is -1.76. The monoisotopic (exact) mass is 263 g/mol. The summed E-state index contributed by atoms with van der Waals surface area (Å²) in [5.74, 6) is 0. The van der Waals surface area contributed by atoms with Crippen molar-refractivity contribution in [2.45, 2.75) is 0 Å². The number of pyridine rings is 1. The Balaban J connectivity index is 2.68. The lowest BCUT2D eigenvalue weighted by molar-refractivity contribution is 1.27. The molecule has 0 fully saturated rings. The number of benzene rings is 1. The molecule has 5 heteroatoms. The van der Waals surface area contributed by atoms with E-state index in [0.717, 1.165) is 0 Å². The predicted octanol–water partition coefficient (Wildman–Crippen LogP) is 3.51. The van der Waals surface area contributed by atoms with Gasteiger partial charge in [0.2, 0.25) is 0 Å². The molecule has 1 heterocycles. The highest BCUT2D eigenvalue weighted by Crippen LogP contribution is 2.34. The average Bonchev–Trinajstić information content (AvgIpc) is 2.34. The fourth-order valence-corrected chi connectivity index (χ4v) is 1.82. The van der Waals surface area contributed by atoms with Crippen LogP contribution in [0, 0.1) is 11.3 Å². The molecule has 2 rings (SSSR count). The second-order valence-corrected chi connectivity index (χ2v) is 4.13. The number of rotatable bonds is 1. The SMILES string of the molecule is N#Cc1ccc(N)c(-c2cccc(Cl)c2Cl)n1. The van der Waals surface area contributed by atoms with Gasteiger partial charge in [-0.2, -0.15) is 5.26 Å². The minimum Gasteiger partial charge on any atom is -0.397 e. The second-order valence-electron chi connectivity index (χ2n) is 3.35. The summed E-state index contributed by atoms with van der Waals surface area (Å²) >= 11 is 12.0. The Labute approximate surface area is 108 Å². The number of halogens is 2. The molecule has 0 spiro atoms. The highest BCUT2D eigenvalue weighted by molar-refractivity contribution is 6.43. The number of nitrogen functional groups attached to an aromatic ring is 1. The molecule has 17 heavy (non-hydrogen) atoms. The standard InChI is InChI=1S/C12H7Cl2N3/c13-9-3-1-2-8(11(9)14)12-10(16)5-4-7(6-15)17-12/h1-5H,16H2. The molecule has 0 saturated carbocycles. The lowest BCUT2D eigenvalue weighted by atomic mass is 10.1. The van der Waals surface area contributed by atoms with Gasteiger partial charge in [0.05, 0.1) is 21.4 Å². The van der Waals surface area contributed by atoms with Gasteiger partial charge in [-0.1, -0.05) is 35.3 Å². The zero-order chi connectivity index (χ0) is 12.4. The van der Waals surface area contributed by atoms with E-state index in [9.17, 15) is 0 Å². The van der Waals surface area contributed by atoms with E-state index in [0.29, 0.717) is 27.0 Å². The molecule has 0 atom stereocenters. The summed E-state index contributed by atoms with van der Waals surface area (Å²) in [6, 6.07) is 10.3. The Morgan fingerprint density at radius 3 is 2.65 bits per heavy atom. The summed E-state index contributed by atoms with van der Waals surface area (Å²) in [5.41, 5.74) is 7.64. The Bertz CT molecular complexity index is 618. The second kappa shape index (κ2) is 4.62. The maximum Gasteiger partial charge on any atom is 0.141 e. The molecule has 1 aromatic carbocycles. The smallest absolute Gasteiger partial charge is 0.141 e. The zero-order valence-corrected chi connectivity index (χ0v) is 10.1. The fourth-order valence-electron chi connectivity index (χ4n) is 1.43. The third kappa shape index (κ3) is 2.19. The molecule has 2 aromatic rings. The number of nitrogens with two attached hydrogens (primary N) is 1. The number of aromatic nitrogens is 1. The van der Waals surface area contributed by atoms with Gasteiger partial charge in [-0.05, 0) is 18.2 Å². The summed E-state index contributed by atoms with van der Waals surface area (Å²) in [5, 5.41) is 9.61. The van der Waals surface area contributed by atoms with Crippen LogP contribution in [0.1, 0.15) is 5.69 Å². The Morgan fingerprint density at radius 2 is 1.94 bits per heavy atom. The molecule has 0 aliphatic heterocycles. The van der Waals surface area contributed by atoms with Crippen molar-refractivity contribution < 1.29 is 0 Å². The van der Waals surface area contributed by atoms with E-state index < -0.39 is 0 Å². The van der Waals surface area contributed by atoms with Crippen molar-refractivity contribution in [3.63, 3.8) is 0 Å². The predicted molar refractivity (Wildman–Crippen MR) is 68.8 cm³/mol. The van der Waals surface area contributed by atoms with Crippen LogP contribution in [0.3, 0.4) is 0 Å². The summed E-state index contributed by atoms with van der Waals surface area (Å²) < 4.78 is 0. The van der Waals surface area contributed by atoms with Crippen LogP contribution in [0.25, 0.3) is 11.3 Å². The van der Waals surface area contributed by atoms with Gasteiger partial charge in [0.1, 0.15) is 11.8 Å². The first-order valence-corrected chi connectivity index (χ1v) is 5.50. The van der Waals surface area contributed by atoms with E-state index in [1.54, 1.807) is 30.3 Å². The van der Waals surface area contributed by atoms with Crippen LogP contribution >= 0.6 is 23.2 Å². The van der Waals surface area contributed by atoms with Gasteiger partial charge in [-0.15, -0.1) is 0 Å². The van der Waals surface area contributed by atoms with E-state index in [2.05, 4.69) is 4.98 Å². The molecule has 0 amide bonds. The first-order chi connectivity index (χ1) is 8.13. The molecule has 0 aliphatic rings. The molecule has 0 unspecified atom stereocenters. The molecular formula is C12H7Cl2N3.